The Morgan fingerprint density at radius 1 is 1.28 bits per heavy atom. The molecule has 0 aromatic carbocycles. The molecular weight excluding hydrogens is 316 g/mol. The fraction of sp³-hybridized carbons (Fsp3) is 0.316. The van der Waals surface area contributed by atoms with E-state index in [1.807, 2.05) is 30.5 Å². The highest BCUT2D eigenvalue weighted by Crippen LogP contribution is 2.28. The van der Waals surface area contributed by atoms with Crippen LogP contribution >= 0.6 is 0 Å². The summed E-state index contributed by atoms with van der Waals surface area (Å²) in [6.45, 7) is 6.95. The van der Waals surface area contributed by atoms with E-state index in [0.717, 1.165) is 17.4 Å². The smallest absolute Gasteiger partial charge is 0.149 e. The molecule has 2 aromatic heterocycles. The summed E-state index contributed by atoms with van der Waals surface area (Å²) in [4.78, 5) is 20.2. The van der Waals surface area contributed by atoms with Gasteiger partial charge in [-0.1, -0.05) is 26.8 Å². The van der Waals surface area contributed by atoms with Crippen LogP contribution in [0.2, 0.25) is 0 Å². The van der Waals surface area contributed by atoms with Gasteiger partial charge in [-0.25, -0.2) is 4.98 Å². The molecule has 0 aliphatic carbocycles. The number of rotatable bonds is 5. The van der Waals surface area contributed by atoms with Crippen molar-refractivity contribution in [2.75, 3.05) is 11.6 Å². The zero-order chi connectivity index (χ0) is 17.9. The van der Waals surface area contributed by atoms with Crippen molar-refractivity contribution >= 4 is 17.7 Å². The van der Waals surface area contributed by atoms with Crippen LogP contribution in [0.4, 0.5) is 5.82 Å². The predicted octanol–water partition coefficient (Wildman–Crippen LogP) is 2.83. The van der Waals surface area contributed by atoms with Gasteiger partial charge in [0.1, 0.15) is 23.9 Å². The molecule has 0 saturated carbocycles. The molecule has 1 unspecified atom stereocenters. The maximum atomic E-state index is 11.7. The van der Waals surface area contributed by atoms with Crippen LogP contribution in [-0.4, -0.2) is 28.9 Å². The molecule has 0 amide bonds. The normalized spacial score (nSPS) is 17.0. The summed E-state index contributed by atoms with van der Waals surface area (Å²) in [6.07, 6.45) is 7.82. The van der Waals surface area contributed by atoms with Crippen LogP contribution in [0.25, 0.3) is 5.57 Å². The van der Waals surface area contributed by atoms with Crippen molar-refractivity contribution in [1.82, 2.24) is 15.4 Å². The van der Waals surface area contributed by atoms with Crippen molar-refractivity contribution in [1.29, 1.82) is 0 Å². The van der Waals surface area contributed by atoms with Crippen LogP contribution in [0, 0.1) is 5.41 Å². The minimum absolute atomic E-state index is 0.0837. The summed E-state index contributed by atoms with van der Waals surface area (Å²) in [6, 6.07) is 7.01. The zero-order valence-electron chi connectivity index (χ0n) is 14.6. The van der Waals surface area contributed by atoms with E-state index in [9.17, 15) is 4.79 Å². The fourth-order valence-electron chi connectivity index (χ4n) is 2.47. The van der Waals surface area contributed by atoms with Crippen LogP contribution < -0.4 is 15.2 Å². The van der Waals surface area contributed by atoms with E-state index in [4.69, 9.17) is 4.74 Å². The number of anilines is 1. The Morgan fingerprint density at radius 2 is 2.12 bits per heavy atom. The Hall–Kier alpha value is -2.89. The Kier molecular flexibility index (Phi) is 4.70. The molecule has 3 heterocycles. The highest BCUT2D eigenvalue weighted by Gasteiger charge is 2.29. The van der Waals surface area contributed by atoms with Gasteiger partial charge in [-0.3, -0.25) is 9.99 Å². The number of aromatic nitrogens is 2. The van der Waals surface area contributed by atoms with Gasteiger partial charge in [-0.15, -0.1) is 0 Å². The molecule has 1 atom stereocenters. The number of carbonyl (C=O) groups is 1. The van der Waals surface area contributed by atoms with Gasteiger partial charge in [0.15, 0.2) is 0 Å². The lowest BCUT2D eigenvalue weighted by Gasteiger charge is -2.24. The average Bonchev–Trinajstić information content (AvgIpc) is 3.04. The maximum Gasteiger partial charge on any atom is 0.149 e. The standard InChI is InChI=1S/C19H22N4O2/c1-19(2,3)13-25-15-6-7-18(21-10-15)23-17(12-24)16(11-22-23)14-5-4-8-20-9-14/h4-12,17,22H,13H2,1-3H3. The molecule has 1 aliphatic heterocycles. The number of aldehydes is 1. The highest BCUT2D eigenvalue weighted by atomic mass is 16.5. The molecular formula is C19H22N4O2. The van der Waals surface area contributed by atoms with E-state index in [0.29, 0.717) is 18.2 Å². The summed E-state index contributed by atoms with van der Waals surface area (Å²) in [5, 5.41) is 1.73. The predicted molar refractivity (Wildman–Crippen MR) is 96.9 cm³/mol. The molecule has 6 heteroatoms. The number of pyridine rings is 2. The van der Waals surface area contributed by atoms with Gasteiger partial charge in [0.2, 0.25) is 0 Å². The molecule has 6 nitrogen and oxygen atoms in total. The van der Waals surface area contributed by atoms with Crippen molar-refractivity contribution in [3.63, 3.8) is 0 Å². The van der Waals surface area contributed by atoms with E-state index in [2.05, 4.69) is 36.2 Å². The SMILES string of the molecule is CC(C)(C)COc1ccc(N2NC=C(c3cccnc3)C2C=O)nc1. The zero-order valence-corrected chi connectivity index (χ0v) is 14.6. The molecule has 0 saturated heterocycles. The van der Waals surface area contributed by atoms with Crippen molar-refractivity contribution in [2.45, 2.75) is 26.8 Å². The van der Waals surface area contributed by atoms with Crippen LogP contribution in [-0.2, 0) is 4.79 Å². The molecule has 0 radical (unpaired) electrons. The fourth-order valence-corrected chi connectivity index (χ4v) is 2.47. The third-order valence-electron chi connectivity index (χ3n) is 3.72. The third kappa shape index (κ3) is 3.96. The number of nitrogens with one attached hydrogen (secondary N) is 1. The van der Waals surface area contributed by atoms with Crippen LogP contribution in [0.15, 0.2) is 49.1 Å². The number of nitrogens with zero attached hydrogens (tertiary/aromatic N) is 3. The van der Waals surface area contributed by atoms with Crippen molar-refractivity contribution in [3.05, 3.63) is 54.6 Å². The Labute approximate surface area is 147 Å². The van der Waals surface area contributed by atoms with Gasteiger partial charge >= 0.3 is 0 Å². The van der Waals surface area contributed by atoms with Crippen LogP contribution in [0.1, 0.15) is 26.3 Å². The number of hydrazine groups is 1. The number of carbonyl (C=O) groups excluding carboxylic acids is 1. The topological polar surface area (TPSA) is 67.3 Å². The first-order valence-corrected chi connectivity index (χ1v) is 8.18. The molecule has 3 rings (SSSR count). The van der Waals surface area contributed by atoms with E-state index in [-0.39, 0.29) is 5.41 Å². The molecule has 0 bridgehead atoms. The lowest BCUT2D eigenvalue weighted by atomic mass is 9.99. The summed E-state index contributed by atoms with van der Waals surface area (Å²) >= 11 is 0. The molecule has 0 spiro atoms. The maximum absolute atomic E-state index is 11.7. The van der Waals surface area contributed by atoms with Gasteiger partial charge in [0.05, 0.1) is 12.8 Å². The molecule has 1 N–H and O–H groups in total. The monoisotopic (exact) mass is 338 g/mol. The molecule has 2 aromatic rings. The van der Waals surface area contributed by atoms with E-state index in [1.165, 1.54) is 0 Å². The van der Waals surface area contributed by atoms with E-state index < -0.39 is 6.04 Å². The first kappa shape index (κ1) is 17.0. The number of hydrogen-bond acceptors (Lipinski definition) is 6. The lowest BCUT2D eigenvalue weighted by Crippen LogP contribution is -2.40. The molecule has 0 fully saturated rings. The van der Waals surface area contributed by atoms with Gasteiger partial charge < -0.3 is 15.0 Å². The Balaban J connectivity index is 1.73. The minimum Gasteiger partial charge on any atom is -0.491 e. The third-order valence-corrected chi connectivity index (χ3v) is 3.72. The molecule has 1 aliphatic rings. The lowest BCUT2D eigenvalue weighted by molar-refractivity contribution is -0.107. The van der Waals surface area contributed by atoms with E-state index >= 15 is 0 Å². The summed E-state index contributed by atoms with van der Waals surface area (Å²) in [5.74, 6) is 1.36. The summed E-state index contributed by atoms with van der Waals surface area (Å²) < 4.78 is 5.74. The van der Waals surface area contributed by atoms with Gasteiger partial charge in [0.25, 0.3) is 0 Å². The second kappa shape index (κ2) is 6.93. The highest BCUT2D eigenvalue weighted by molar-refractivity contribution is 5.89. The summed E-state index contributed by atoms with van der Waals surface area (Å²) in [5.41, 5.74) is 4.95. The van der Waals surface area contributed by atoms with Crippen molar-refractivity contribution in [3.8, 4) is 5.75 Å². The van der Waals surface area contributed by atoms with Gasteiger partial charge in [0, 0.05) is 29.7 Å². The first-order valence-electron chi connectivity index (χ1n) is 8.18. The minimum atomic E-state index is -0.460. The van der Waals surface area contributed by atoms with Crippen molar-refractivity contribution in [2.24, 2.45) is 5.41 Å². The second-order valence-electron chi connectivity index (χ2n) is 7.12. The summed E-state index contributed by atoms with van der Waals surface area (Å²) in [7, 11) is 0. The number of ether oxygens (including phenoxy) is 1. The Morgan fingerprint density at radius 3 is 2.72 bits per heavy atom. The second-order valence-corrected chi connectivity index (χ2v) is 7.12. The molecule has 25 heavy (non-hydrogen) atoms. The molecule has 130 valence electrons. The van der Waals surface area contributed by atoms with Gasteiger partial charge in [-0.05, 0) is 23.6 Å². The number of hydrogen-bond donors (Lipinski definition) is 1. The quantitative estimate of drug-likeness (QED) is 0.846. The van der Waals surface area contributed by atoms with E-state index in [1.54, 1.807) is 23.6 Å². The average molecular weight is 338 g/mol. The first-order chi connectivity index (χ1) is 12.0. The van der Waals surface area contributed by atoms with Crippen molar-refractivity contribution < 1.29 is 9.53 Å². The van der Waals surface area contributed by atoms with Crippen LogP contribution in [0.3, 0.4) is 0 Å². The Bertz CT molecular complexity index is 751. The van der Waals surface area contributed by atoms with Crippen LogP contribution in [0.5, 0.6) is 5.75 Å². The largest absolute Gasteiger partial charge is 0.491 e. The van der Waals surface area contributed by atoms with Gasteiger partial charge in [-0.2, -0.15) is 0 Å².